The molecule has 102 valence electrons. The van der Waals surface area contributed by atoms with E-state index in [2.05, 4.69) is 66.8 Å². The number of fused-ring (bicyclic) bond motifs is 2. The molecule has 1 N–H and O–H groups in total. The largest absolute Gasteiger partial charge is 0.378 e. The van der Waals surface area contributed by atoms with Gasteiger partial charge in [0.05, 0.1) is 17.3 Å². The van der Waals surface area contributed by atoms with Gasteiger partial charge >= 0.3 is 0 Å². The maximum Gasteiger partial charge on any atom is 0.0709 e. The molecule has 2 aromatic carbocycles. The van der Waals surface area contributed by atoms with E-state index in [1.165, 1.54) is 22.2 Å². The standard InChI is InChI=1S/C19H16N2/c1-13-16(12-15-7-3-5-9-18(15)20-13)19-11-10-14-6-2-4-8-17(14)21-19/h2-13,20H,1H3/t13-/m0/s1. The minimum Gasteiger partial charge on any atom is -0.378 e. The summed E-state index contributed by atoms with van der Waals surface area (Å²) >= 11 is 0. The lowest BCUT2D eigenvalue weighted by atomic mass is 9.95. The molecule has 1 atom stereocenters. The Labute approximate surface area is 124 Å². The van der Waals surface area contributed by atoms with Crippen molar-refractivity contribution in [2.45, 2.75) is 13.0 Å². The Kier molecular flexibility index (Phi) is 2.74. The highest BCUT2D eigenvalue weighted by Crippen LogP contribution is 2.32. The highest BCUT2D eigenvalue weighted by atomic mass is 14.9. The predicted molar refractivity (Wildman–Crippen MR) is 89.1 cm³/mol. The van der Waals surface area contributed by atoms with E-state index >= 15 is 0 Å². The fourth-order valence-electron chi connectivity index (χ4n) is 2.88. The zero-order chi connectivity index (χ0) is 14.2. The number of para-hydroxylation sites is 2. The molecule has 0 unspecified atom stereocenters. The van der Waals surface area contributed by atoms with Crippen molar-refractivity contribution in [3.05, 3.63) is 71.9 Å². The lowest BCUT2D eigenvalue weighted by Gasteiger charge is -2.25. The van der Waals surface area contributed by atoms with Gasteiger partial charge in [0.2, 0.25) is 0 Å². The van der Waals surface area contributed by atoms with Gasteiger partial charge in [0.15, 0.2) is 0 Å². The van der Waals surface area contributed by atoms with Crippen molar-refractivity contribution in [2.24, 2.45) is 0 Å². The van der Waals surface area contributed by atoms with Crippen molar-refractivity contribution in [1.29, 1.82) is 0 Å². The van der Waals surface area contributed by atoms with Gasteiger partial charge in [-0.25, -0.2) is 4.98 Å². The van der Waals surface area contributed by atoms with Crippen LogP contribution in [0.4, 0.5) is 5.69 Å². The first-order valence-electron chi connectivity index (χ1n) is 7.24. The molecule has 0 saturated heterocycles. The zero-order valence-corrected chi connectivity index (χ0v) is 11.9. The van der Waals surface area contributed by atoms with Crippen molar-refractivity contribution in [3.63, 3.8) is 0 Å². The van der Waals surface area contributed by atoms with Gasteiger partial charge in [0.1, 0.15) is 0 Å². The van der Waals surface area contributed by atoms with E-state index in [0.29, 0.717) is 0 Å². The summed E-state index contributed by atoms with van der Waals surface area (Å²) in [5.41, 5.74) is 5.74. The van der Waals surface area contributed by atoms with Crippen LogP contribution in [0.15, 0.2) is 60.7 Å². The Morgan fingerprint density at radius 2 is 1.71 bits per heavy atom. The van der Waals surface area contributed by atoms with Gasteiger partial charge in [-0.15, -0.1) is 0 Å². The minimum atomic E-state index is 0.258. The lowest BCUT2D eigenvalue weighted by molar-refractivity contribution is 1.00. The number of rotatable bonds is 1. The second kappa shape index (κ2) is 4.74. The van der Waals surface area contributed by atoms with Crippen LogP contribution in [0.3, 0.4) is 0 Å². The third-order valence-electron chi connectivity index (χ3n) is 4.00. The smallest absolute Gasteiger partial charge is 0.0709 e. The normalized spacial score (nSPS) is 17.0. The van der Waals surface area contributed by atoms with Crippen LogP contribution >= 0.6 is 0 Å². The van der Waals surface area contributed by atoms with E-state index < -0.39 is 0 Å². The molecule has 2 heteroatoms. The average molecular weight is 272 g/mol. The van der Waals surface area contributed by atoms with Crippen molar-refractivity contribution in [1.82, 2.24) is 4.98 Å². The molecule has 0 fully saturated rings. The van der Waals surface area contributed by atoms with Crippen LogP contribution in [0.5, 0.6) is 0 Å². The number of anilines is 1. The monoisotopic (exact) mass is 272 g/mol. The first kappa shape index (κ1) is 12.2. The van der Waals surface area contributed by atoms with Gasteiger partial charge < -0.3 is 5.32 Å². The molecule has 2 nitrogen and oxygen atoms in total. The van der Waals surface area contributed by atoms with Gasteiger partial charge in [0, 0.05) is 16.6 Å². The molecule has 21 heavy (non-hydrogen) atoms. The summed E-state index contributed by atoms with van der Waals surface area (Å²) in [7, 11) is 0. The molecule has 0 saturated carbocycles. The number of pyridine rings is 1. The lowest BCUT2D eigenvalue weighted by Crippen LogP contribution is -2.21. The van der Waals surface area contributed by atoms with Crippen LogP contribution < -0.4 is 5.32 Å². The Hall–Kier alpha value is -2.61. The van der Waals surface area contributed by atoms with Crippen LogP contribution in [0, 0.1) is 0 Å². The molecule has 0 aliphatic carbocycles. The Morgan fingerprint density at radius 1 is 0.905 bits per heavy atom. The Balaban J connectivity index is 1.86. The van der Waals surface area contributed by atoms with Gasteiger partial charge in [0.25, 0.3) is 0 Å². The zero-order valence-electron chi connectivity index (χ0n) is 11.9. The SMILES string of the molecule is C[C@@H]1Nc2ccccc2C=C1c1ccc2ccccc2n1. The van der Waals surface area contributed by atoms with Crippen molar-refractivity contribution < 1.29 is 0 Å². The summed E-state index contributed by atoms with van der Waals surface area (Å²) in [4.78, 5) is 4.81. The summed E-state index contributed by atoms with van der Waals surface area (Å²) in [6.45, 7) is 2.18. The van der Waals surface area contributed by atoms with Gasteiger partial charge in [-0.1, -0.05) is 42.5 Å². The molecular formula is C19H16N2. The Morgan fingerprint density at radius 3 is 2.67 bits per heavy atom. The van der Waals surface area contributed by atoms with Crippen LogP contribution in [0.1, 0.15) is 18.2 Å². The maximum atomic E-state index is 4.81. The molecule has 0 bridgehead atoms. The second-order valence-corrected chi connectivity index (χ2v) is 5.44. The number of hydrogen-bond donors (Lipinski definition) is 1. The summed E-state index contributed by atoms with van der Waals surface area (Å²) in [5, 5.41) is 4.73. The maximum absolute atomic E-state index is 4.81. The van der Waals surface area contributed by atoms with E-state index in [1.807, 2.05) is 12.1 Å². The summed E-state index contributed by atoms with van der Waals surface area (Å²) < 4.78 is 0. The first-order chi connectivity index (χ1) is 10.3. The van der Waals surface area contributed by atoms with Gasteiger partial charge in [-0.05, 0) is 36.8 Å². The fraction of sp³-hybridized carbons (Fsp3) is 0.105. The fourth-order valence-corrected chi connectivity index (χ4v) is 2.88. The summed E-state index contributed by atoms with van der Waals surface area (Å²) in [6.07, 6.45) is 2.24. The molecule has 3 aromatic rings. The van der Waals surface area contributed by atoms with Gasteiger partial charge in [-0.3, -0.25) is 0 Å². The number of hydrogen-bond acceptors (Lipinski definition) is 2. The van der Waals surface area contributed by atoms with Crippen LogP contribution in [0.2, 0.25) is 0 Å². The molecule has 1 aliphatic rings. The molecule has 0 radical (unpaired) electrons. The first-order valence-corrected chi connectivity index (χ1v) is 7.24. The van der Waals surface area contributed by atoms with Crippen molar-refractivity contribution >= 4 is 28.2 Å². The topological polar surface area (TPSA) is 24.9 Å². The third-order valence-corrected chi connectivity index (χ3v) is 4.00. The molecular weight excluding hydrogens is 256 g/mol. The number of nitrogens with zero attached hydrogens (tertiary/aromatic N) is 1. The predicted octanol–water partition coefficient (Wildman–Crippen LogP) is 4.59. The molecule has 1 aliphatic heterocycles. The van der Waals surface area contributed by atoms with Crippen molar-refractivity contribution in [3.8, 4) is 0 Å². The van der Waals surface area contributed by atoms with E-state index in [1.54, 1.807) is 0 Å². The highest BCUT2D eigenvalue weighted by molar-refractivity contribution is 5.92. The third kappa shape index (κ3) is 2.09. The quantitative estimate of drug-likeness (QED) is 0.701. The average Bonchev–Trinajstić information content (AvgIpc) is 2.54. The van der Waals surface area contributed by atoms with Crippen LogP contribution in [-0.2, 0) is 0 Å². The van der Waals surface area contributed by atoms with E-state index in [4.69, 9.17) is 4.98 Å². The summed E-state index contributed by atoms with van der Waals surface area (Å²) in [5.74, 6) is 0. The number of aromatic nitrogens is 1. The van der Waals surface area contributed by atoms with E-state index in [9.17, 15) is 0 Å². The Bertz CT molecular complexity index is 849. The van der Waals surface area contributed by atoms with Gasteiger partial charge in [-0.2, -0.15) is 0 Å². The minimum absolute atomic E-state index is 0.258. The molecule has 0 amide bonds. The number of nitrogens with one attached hydrogen (secondary N) is 1. The number of benzene rings is 2. The van der Waals surface area contributed by atoms with Crippen molar-refractivity contribution in [2.75, 3.05) is 5.32 Å². The van der Waals surface area contributed by atoms with Crippen LogP contribution in [0.25, 0.3) is 22.6 Å². The van der Waals surface area contributed by atoms with E-state index in [-0.39, 0.29) is 6.04 Å². The molecule has 4 rings (SSSR count). The molecule has 1 aromatic heterocycles. The molecule has 0 spiro atoms. The van der Waals surface area contributed by atoms with Crippen LogP contribution in [-0.4, -0.2) is 11.0 Å². The second-order valence-electron chi connectivity index (χ2n) is 5.44. The van der Waals surface area contributed by atoms with E-state index in [0.717, 1.165) is 11.2 Å². The highest BCUT2D eigenvalue weighted by Gasteiger charge is 2.18. The summed E-state index contributed by atoms with van der Waals surface area (Å²) in [6, 6.07) is 21.1. The molecule has 2 heterocycles.